The quantitative estimate of drug-likeness (QED) is 0.694. The Morgan fingerprint density at radius 3 is 1.70 bits per heavy atom. The van der Waals surface area contributed by atoms with Gasteiger partial charge in [0, 0.05) is 6.54 Å². The van der Waals surface area contributed by atoms with Crippen LogP contribution in [0.4, 0.5) is 0 Å². The summed E-state index contributed by atoms with van der Waals surface area (Å²) < 4.78 is 5.48. The zero-order chi connectivity index (χ0) is 19.2. The minimum Gasteiger partial charge on any atom is -0.462 e. The molecule has 148 valence electrons. The fraction of sp³-hybridized carbons (Fsp3) is 0.409. The molecule has 4 nitrogen and oxygen atoms in total. The fourth-order valence-electron chi connectivity index (χ4n) is 2.90. The van der Waals surface area contributed by atoms with Gasteiger partial charge in [0.25, 0.3) is 0 Å². The zero-order valence-electron chi connectivity index (χ0n) is 16.6. The van der Waals surface area contributed by atoms with Gasteiger partial charge in [0.1, 0.15) is 6.61 Å². The highest BCUT2D eigenvalue weighted by molar-refractivity contribution is 5.85. The first-order chi connectivity index (χ1) is 12.4. The van der Waals surface area contributed by atoms with Gasteiger partial charge in [-0.05, 0) is 38.1 Å². The minimum atomic E-state index is -1.81. The Morgan fingerprint density at radius 2 is 1.33 bits per heavy atom. The van der Waals surface area contributed by atoms with Crippen LogP contribution in [-0.2, 0) is 15.1 Å². The Labute approximate surface area is 168 Å². The van der Waals surface area contributed by atoms with Crippen molar-refractivity contribution in [3.05, 3.63) is 70.8 Å². The van der Waals surface area contributed by atoms with Gasteiger partial charge < -0.3 is 14.7 Å². The summed E-state index contributed by atoms with van der Waals surface area (Å²) in [6, 6.07) is 14.7. The number of benzene rings is 2. The molecule has 0 atom stereocenters. The molecule has 0 saturated carbocycles. The normalized spacial score (nSPS) is 11.2. The van der Waals surface area contributed by atoms with E-state index in [1.807, 2.05) is 38.1 Å². The minimum absolute atomic E-state index is 0. The maximum absolute atomic E-state index is 12.9. The SMILES string of the molecule is CCN(CC)CCOC(=O)C(O)(c1ccc(C)cc1)c1ccc(C)cc1.Cl. The van der Waals surface area contributed by atoms with Gasteiger partial charge in [0.05, 0.1) is 0 Å². The van der Waals surface area contributed by atoms with Gasteiger partial charge in [0.2, 0.25) is 5.60 Å². The maximum Gasteiger partial charge on any atom is 0.347 e. The number of aliphatic hydroxyl groups is 1. The molecule has 0 heterocycles. The molecule has 1 N–H and O–H groups in total. The second-order valence-electron chi connectivity index (χ2n) is 6.61. The third-order valence-electron chi connectivity index (χ3n) is 4.77. The van der Waals surface area contributed by atoms with Crippen LogP contribution in [0.5, 0.6) is 0 Å². The first-order valence-corrected chi connectivity index (χ1v) is 9.18. The topological polar surface area (TPSA) is 49.8 Å². The monoisotopic (exact) mass is 391 g/mol. The number of hydrogen-bond acceptors (Lipinski definition) is 4. The molecule has 27 heavy (non-hydrogen) atoms. The molecule has 0 fully saturated rings. The molecule has 0 bridgehead atoms. The van der Waals surface area contributed by atoms with Gasteiger partial charge >= 0.3 is 5.97 Å². The summed E-state index contributed by atoms with van der Waals surface area (Å²) in [4.78, 5) is 15.1. The van der Waals surface area contributed by atoms with Crippen molar-refractivity contribution in [3.8, 4) is 0 Å². The number of aryl methyl sites for hydroxylation is 2. The molecule has 2 aromatic rings. The van der Waals surface area contributed by atoms with Crippen LogP contribution in [-0.4, -0.2) is 42.2 Å². The lowest BCUT2D eigenvalue weighted by Crippen LogP contribution is -2.40. The summed E-state index contributed by atoms with van der Waals surface area (Å²) in [5.41, 5.74) is 1.34. The van der Waals surface area contributed by atoms with Crippen molar-refractivity contribution in [2.24, 2.45) is 0 Å². The molecule has 2 rings (SSSR count). The standard InChI is InChI=1S/C22H29NO3.ClH/c1-5-23(6-2)15-16-26-21(24)22(25,19-11-7-17(3)8-12-19)20-13-9-18(4)10-14-20;/h7-14,25H,5-6,15-16H2,1-4H3;1H. The summed E-state index contributed by atoms with van der Waals surface area (Å²) >= 11 is 0. The lowest BCUT2D eigenvalue weighted by Gasteiger charge is -2.28. The van der Waals surface area contributed by atoms with E-state index in [0.29, 0.717) is 17.7 Å². The Morgan fingerprint density at radius 1 is 0.926 bits per heavy atom. The third-order valence-corrected chi connectivity index (χ3v) is 4.77. The van der Waals surface area contributed by atoms with Crippen LogP contribution in [0.25, 0.3) is 0 Å². The molecule has 0 aliphatic carbocycles. The first-order valence-electron chi connectivity index (χ1n) is 9.18. The van der Waals surface area contributed by atoms with Gasteiger partial charge in [-0.2, -0.15) is 0 Å². The lowest BCUT2D eigenvalue weighted by atomic mass is 9.85. The number of halogens is 1. The van der Waals surface area contributed by atoms with E-state index in [9.17, 15) is 9.90 Å². The highest BCUT2D eigenvalue weighted by Crippen LogP contribution is 2.31. The molecule has 2 aromatic carbocycles. The van der Waals surface area contributed by atoms with Crippen LogP contribution in [0.3, 0.4) is 0 Å². The predicted molar refractivity (Wildman–Crippen MR) is 111 cm³/mol. The van der Waals surface area contributed by atoms with Crippen LogP contribution >= 0.6 is 12.4 Å². The molecule has 0 saturated heterocycles. The Kier molecular flexibility index (Phi) is 8.97. The number of carbonyl (C=O) groups is 1. The van der Waals surface area contributed by atoms with Crippen molar-refractivity contribution in [3.63, 3.8) is 0 Å². The Hall–Kier alpha value is -1.88. The van der Waals surface area contributed by atoms with E-state index in [0.717, 1.165) is 24.2 Å². The van der Waals surface area contributed by atoms with Crippen molar-refractivity contribution in [2.45, 2.75) is 33.3 Å². The van der Waals surface area contributed by atoms with Gasteiger partial charge in [-0.25, -0.2) is 4.79 Å². The van der Waals surface area contributed by atoms with Crippen LogP contribution in [0.15, 0.2) is 48.5 Å². The summed E-state index contributed by atoms with van der Waals surface area (Å²) in [6.45, 7) is 10.8. The Bertz CT molecular complexity index is 664. The van der Waals surface area contributed by atoms with Crippen molar-refractivity contribution in [2.75, 3.05) is 26.2 Å². The maximum atomic E-state index is 12.9. The zero-order valence-corrected chi connectivity index (χ0v) is 17.4. The molecule has 0 aliphatic rings. The highest BCUT2D eigenvalue weighted by atomic mass is 35.5. The predicted octanol–water partition coefficient (Wildman–Crippen LogP) is 3.85. The van der Waals surface area contributed by atoms with Crippen LogP contribution in [0, 0.1) is 13.8 Å². The van der Waals surface area contributed by atoms with E-state index < -0.39 is 11.6 Å². The van der Waals surface area contributed by atoms with Crippen molar-refractivity contribution >= 4 is 18.4 Å². The smallest absolute Gasteiger partial charge is 0.347 e. The fourth-order valence-corrected chi connectivity index (χ4v) is 2.90. The first kappa shape index (κ1) is 23.2. The number of esters is 1. The molecule has 0 aromatic heterocycles. The Balaban J connectivity index is 0.00000364. The number of likely N-dealkylation sites (N-methyl/N-ethyl adjacent to an activating group) is 1. The van der Waals surface area contributed by atoms with Crippen LogP contribution in [0.2, 0.25) is 0 Å². The van der Waals surface area contributed by atoms with Crippen molar-refractivity contribution in [1.82, 2.24) is 4.90 Å². The molecule has 0 spiro atoms. The molecule has 5 heteroatoms. The summed E-state index contributed by atoms with van der Waals surface area (Å²) in [7, 11) is 0. The van der Waals surface area contributed by atoms with Crippen LogP contribution in [0.1, 0.15) is 36.1 Å². The van der Waals surface area contributed by atoms with E-state index in [2.05, 4.69) is 18.7 Å². The number of nitrogens with zero attached hydrogens (tertiary/aromatic N) is 1. The van der Waals surface area contributed by atoms with E-state index in [1.165, 1.54) is 0 Å². The molecule has 0 radical (unpaired) electrons. The number of ether oxygens (including phenoxy) is 1. The molecular formula is C22H30ClNO3. The van der Waals surface area contributed by atoms with Gasteiger partial charge in [-0.1, -0.05) is 73.5 Å². The average molecular weight is 392 g/mol. The van der Waals surface area contributed by atoms with Gasteiger partial charge in [-0.3, -0.25) is 0 Å². The van der Waals surface area contributed by atoms with Gasteiger partial charge in [-0.15, -0.1) is 12.4 Å². The summed E-state index contributed by atoms with van der Waals surface area (Å²) in [5, 5.41) is 11.4. The van der Waals surface area contributed by atoms with E-state index in [4.69, 9.17) is 4.74 Å². The lowest BCUT2D eigenvalue weighted by molar-refractivity contribution is -0.162. The second kappa shape index (κ2) is 10.5. The number of rotatable bonds is 8. The molecular weight excluding hydrogens is 362 g/mol. The third kappa shape index (κ3) is 5.55. The second-order valence-corrected chi connectivity index (χ2v) is 6.61. The average Bonchev–Trinajstić information content (AvgIpc) is 2.65. The molecule has 0 unspecified atom stereocenters. The van der Waals surface area contributed by atoms with E-state index in [1.54, 1.807) is 24.3 Å². The van der Waals surface area contributed by atoms with E-state index in [-0.39, 0.29) is 19.0 Å². The largest absolute Gasteiger partial charge is 0.462 e. The van der Waals surface area contributed by atoms with E-state index >= 15 is 0 Å². The molecule has 0 amide bonds. The van der Waals surface area contributed by atoms with Gasteiger partial charge in [0.15, 0.2) is 0 Å². The highest BCUT2D eigenvalue weighted by Gasteiger charge is 2.41. The summed E-state index contributed by atoms with van der Waals surface area (Å²) in [6.07, 6.45) is 0. The molecule has 0 aliphatic heterocycles. The number of hydrogen-bond donors (Lipinski definition) is 1. The van der Waals surface area contributed by atoms with Crippen molar-refractivity contribution < 1.29 is 14.6 Å². The van der Waals surface area contributed by atoms with Crippen molar-refractivity contribution in [1.29, 1.82) is 0 Å². The number of carbonyl (C=O) groups excluding carboxylic acids is 1. The summed E-state index contributed by atoms with van der Waals surface area (Å²) in [5.74, 6) is -0.641. The van der Waals surface area contributed by atoms with Crippen LogP contribution < -0.4 is 0 Å².